The third-order valence-electron chi connectivity index (χ3n) is 5.89. The van der Waals surface area contributed by atoms with Crippen molar-refractivity contribution in [3.63, 3.8) is 0 Å². The van der Waals surface area contributed by atoms with Crippen LogP contribution in [0, 0.1) is 11.7 Å². The number of benzene rings is 2. The molecule has 0 heterocycles. The predicted molar refractivity (Wildman–Crippen MR) is 122 cm³/mol. The molecule has 0 spiro atoms. The molecule has 0 N–H and O–H groups in total. The molecule has 0 amide bonds. The normalized spacial score (nSPS) is 20.1. The van der Waals surface area contributed by atoms with E-state index < -0.39 is 11.8 Å². The molecule has 1 aliphatic rings. The molecule has 0 aliphatic heterocycles. The van der Waals surface area contributed by atoms with Gasteiger partial charge in [0, 0.05) is 12.1 Å². The third-order valence-corrected chi connectivity index (χ3v) is 5.89. The molecule has 3 rings (SSSR count). The Morgan fingerprint density at radius 3 is 2.71 bits per heavy atom. The lowest BCUT2D eigenvalue weighted by molar-refractivity contribution is 0.0521. The van der Waals surface area contributed by atoms with Crippen molar-refractivity contribution in [3.8, 4) is 5.75 Å². The SMILES string of the molecule is CCOC(=O)c1cccc(/C=C2/CCC(CN(C)C)C(c3cccc(OC)c3)C2)c1F. The second kappa shape index (κ2) is 10.6. The van der Waals surface area contributed by atoms with E-state index >= 15 is 4.39 Å². The monoisotopic (exact) mass is 425 g/mol. The van der Waals surface area contributed by atoms with Gasteiger partial charge in [0.25, 0.3) is 0 Å². The van der Waals surface area contributed by atoms with E-state index in [1.807, 2.05) is 18.2 Å². The molecular formula is C26H32FNO3. The molecule has 1 saturated carbocycles. The van der Waals surface area contributed by atoms with E-state index in [1.54, 1.807) is 26.2 Å². The Hall–Kier alpha value is -2.66. The van der Waals surface area contributed by atoms with E-state index in [2.05, 4.69) is 31.1 Å². The van der Waals surface area contributed by atoms with Crippen molar-refractivity contribution in [1.29, 1.82) is 0 Å². The molecule has 5 heteroatoms. The first kappa shape index (κ1) is 23.0. The first-order valence-corrected chi connectivity index (χ1v) is 10.9. The van der Waals surface area contributed by atoms with Crippen molar-refractivity contribution in [2.45, 2.75) is 32.1 Å². The van der Waals surface area contributed by atoms with Gasteiger partial charge in [-0.3, -0.25) is 0 Å². The van der Waals surface area contributed by atoms with Crippen LogP contribution in [0.5, 0.6) is 5.75 Å². The van der Waals surface area contributed by atoms with Crippen molar-refractivity contribution in [2.24, 2.45) is 5.92 Å². The summed E-state index contributed by atoms with van der Waals surface area (Å²) >= 11 is 0. The van der Waals surface area contributed by atoms with E-state index in [0.717, 1.165) is 31.6 Å². The molecule has 166 valence electrons. The molecule has 0 radical (unpaired) electrons. The van der Waals surface area contributed by atoms with E-state index in [1.165, 1.54) is 17.2 Å². The van der Waals surface area contributed by atoms with Crippen LogP contribution in [0.15, 0.2) is 48.0 Å². The van der Waals surface area contributed by atoms with Gasteiger partial charge in [0.2, 0.25) is 0 Å². The summed E-state index contributed by atoms with van der Waals surface area (Å²) < 4.78 is 25.4. The van der Waals surface area contributed by atoms with Crippen molar-refractivity contribution in [3.05, 3.63) is 70.5 Å². The Bertz CT molecular complexity index is 938. The van der Waals surface area contributed by atoms with E-state index in [4.69, 9.17) is 9.47 Å². The van der Waals surface area contributed by atoms with E-state index in [-0.39, 0.29) is 12.2 Å². The van der Waals surface area contributed by atoms with Gasteiger partial charge in [-0.1, -0.05) is 35.9 Å². The largest absolute Gasteiger partial charge is 0.497 e. The van der Waals surface area contributed by atoms with Gasteiger partial charge in [0.1, 0.15) is 11.6 Å². The van der Waals surface area contributed by atoms with Gasteiger partial charge >= 0.3 is 5.97 Å². The Kier molecular flexibility index (Phi) is 7.85. The first-order valence-electron chi connectivity index (χ1n) is 10.9. The van der Waals surface area contributed by atoms with Crippen molar-refractivity contribution in [1.82, 2.24) is 4.90 Å². The molecule has 2 aromatic rings. The number of carbonyl (C=O) groups excluding carboxylic acids is 1. The van der Waals surface area contributed by atoms with Crippen molar-refractivity contribution in [2.75, 3.05) is 34.4 Å². The van der Waals surface area contributed by atoms with Crippen LogP contribution in [-0.4, -0.2) is 45.2 Å². The number of halogens is 1. The maximum absolute atomic E-state index is 15.0. The lowest BCUT2D eigenvalue weighted by Crippen LogP contribution is -2.29. The van der Waals surface area contributed by atoms with Crippen LogP contribution in [0.3, 0.4) is 0 Å². The molecule has 1 fully saturated rings. The topological polar surface area (TPSA) is 38.8 Å². The van der Waals surface area contributed by atoms with Crippen LogP contribution in [-0.2, 0) is 4.74 Å². The molecule has 4 nitrogen and oxygen atoms in total. The van der Waals surface area contributed by atoms with Crippen LogP contribution < -0.4 is 4.74 Å². The summed E-state index contributed by atoms with van der Waals surface area (Å²) in [4.78, 5) is 14.3. The standard InChI is InChI=1S/C26H32FNO3/c1-5-31-26(29)23-11-7-9-20(25(23)27)14-18-12-13-21(17-28(2)3)24(15-18)19-8-6-10-22(16-19)30-4/h6-11,14,16,21,24H,5,12-13,15,17H2,1-4H3/b18-14-. The number of carbonyl (C=O) groups is 1. The highest BCUT2D eigenvalue weighted by atomic mass is 19.1. The lowest BCUT2D eigenvalue weighted by Gasteiger charge is -2.35. The molecule has 0 bridgehead atoms. The average Bonchev–Trinajstić information content (AvgIpc) is 2.76. The summed E-state index contributed by atoms with van der Waals surface area (Å²) in [6.45, 7) is 2.94. The van der Waals surface area contributed by atoms with Gasteiger partial charge in [-0.05, 0) is 75.9 Å². The fourth-order valence-electron chi connectivity index (χ4n) is 4.45. The Morgan fingerprint density at radius 1 is 1.23 bits per heavy atom. The van der Waals surface area contributed by atoms with Crippen LogP contribution in [0.25, 0.3) is 6.08 Å². The zero-order valence-corrected chi connectivity index (χ0v) is 18.9. The highest BCUT2D eigenvalue weighted by Gasteiger charge is 2.29. The van der Waals surface area contributed by atoms with Gasteiger partial charge < -0.3 is 14.4 Å². The first-order chi connectivity index (χ1) is 14.9. The number of nitrogens with zero attached hydrogens (tertiary/aromatic N) is 1. The van der Waals surface area contributed by atoms with E-state index in [0.29, 0.717) is 17.4 Å². The van der Waals surface area contributed by atoms with E-state index in [9.17, 15) is 4.79 Å². The molecule has 0 aromatic heterocycles. The molecule has 2 aromatic carbocycles. The summed E-state index contributed by atoms with van der Waals surface area (Å²) in [7, 11) is 5.89. The van der Waals surface area contributed by atoms with Crippen LogP contribution in [0.4, 0.5) is 4.39 Å². The van der Waals surface area contributed by atoms with Gasteiger partial charge in [-0.15, -0.1) is 0 Å². The van der Waals surface area contributed by atoms with Gasteiger partial charge in [0.15, 0.2) is 0 Å². The second-order valence-electron chi connectivity index (χ2n) is 8.38. The van der Waals surface area contributed by atoms with Crippen LogP contribution >= 0.6 is 0 Å². The van der Waals surface area contributed by atoms with Crippen molar-refractivity contribution < 1.29 is 18.7 Å². The molecule has 2 unspecified atom stereocenters. The lowest BCUT2D eigenvalue weighted by atomic mass is 9.73. The molecule has 0 saturated heterocycles. The third kappa shape index (κ3) is 5.73. The molecule has 1 aliphatic carbocycles. The highest BCUT2D eigenvalue weighted by molar-refractivity contribution is 5.90. The summed E-state index contributed by atoms with van der Waals surface area (Å²) in [5.74, 6) is 0.556. The maximum Gasteiger partial charge on any atom is 0.341 e. The zero-order chi connectivity index (χ0) is 22.4. The van der Waals surface area contributed by atoms with Crippen LogP contribution in [0.2, 0.25) is 0 Å². The number of hydrogen-bond donors (Lipinski definition) is 0. The quantitative estimate of drug-likeness (QED) is 0.546. The number of esters is 1. The maximum atomic E-state index is 15.0. The smallest absolute Gasteiger partial charge is 0.341 e. The highest BCUT2D eigenvalue weighted by Crippen LogP contribution is 2.42. The second-order valence-corrected chi connectivity index (χ2v) is 8.38. The number of rotatable bonds is 7. The van der Waals surface area contributed by atoms with Gasteiger partial charge in [-0.2, -0.15) is 0 Å². The zero-order valence-electron chi connectivity index (χ0n) is 18.9. The number of hydrogen-bond acceptors (Lipinski definition) is 4. The summed E-state index contributed by atoms with van der Waals surface area (Å²) in [6, 6.07) is 13.2. The molecule has 2 atom stereocenters. The number of allylic oxidation sites excluding steroid dienone is 1. The molecular weight excluding hydrogens is 393 g/mol. The molecule has 31 heavy (non-hydrogen) atoms. The fraction of sp³-hybridized carbons (Fsp3) is 0.423. The van der Waals surface area contributed by atoms with Gasteiger partial charge in [-0.25, -0.2) is 9.18 Å². The predicted octanol–water partition coefficient (Wildman–Crippen LogP) is 5.54. The van der Waals surface area contributed by atoms with Crippen LogP contribution in [0.1, 0.15) is 53.6 Å². The average molecular weight is 426 g/mol. The number of methoxy groups -OCH3 is 1. The summed E-state index contributed by atoms with van der Waals surface area (Å²) in [6.07, 6.45) is 4.72. The Balaban J connectivity index is 1.90. The minimum absolute atomic E-state index is 0.0122. The summed E-state index contributed by atoms with van der Waals surface area (Å²) in [5.41, 5.74) is 2.87. The van der Waals surface area contributed by atoms with Crippen molar-refractivity contribution >= 4 is 12.0 Å². The Morgan fingerprint density at radius 2 is 2.00 bits per heavy atom. The number of ether oxygens (including phenoxy) is 2. The minimum atomic E-state index is -0.621. The Labute approximate surface area is 184 Å². The van der Waals surface area contributed by atoms with Gasteiger partial charge in [0.05, 0.1) is 19.3 Å². The fourth-order valence-corrected chi connectivity index (χ4v) is 4.45. The summed E-state index contributed by atoms with van der Waals surface area (Å²) in [5, 5.41) is 0. The minimum Gasteiger partial charge on any atom is -0.497 e.